The summed E-state index contributed by atoms with van der Waals surface area (Å²) >= 11 is 0. The van der Waals surface area contributed by atoms with Crippen LogP contribution in [0, 0.1) is 17.3 Å². The fourth-order valence-electron chi connectivity index (χ4n) is 2.13. The van der Waals surface area contributed by atoms with Crippen molar-refractivity contribution in [1.82, 2.24) is 0 Å². The van der Waals surface area contributed by atoms with Crippen LogP contribution in [-0.2, 0) is 0 Å². The summed E-state index contributed by atoms with van der Waals surface area (Å²) in [5.41, 5.74) is -2.20. The predicted octanol–water partition coefficient (Wildman–Crippen LogP) is 4.16. The van der Waals surface area contributed by atoms with Gasteiger partial charge in [0.2, 0.25) is 0 Å². The van der Waals surface area contributed by atoms with Gasteiger partial charge in [-0.1, -0.05) is 13.8 Å². The molecule has 0 aliphatic heterocycles. The van der Waals surface area contributed by atoms with Crippen molar-refractivity contribution in [2.45, 2.75) is 39.0 Å². The Hall–Kier alpha value is -0.420. The Bertz CT molecular complexity index is 240. The molecule has 0 amide bonds. The van der Waals surface area contributed by atoms with Crippen molar-refractivity contribution in [2.24, 2.45) is 17.3 Å². The number of halogens is 6. The van der Waals surface area contributed by atoms with Gasteiger partial charge in [0.05, 0.1) is 11.3 Å². The van der Waals surface area contributed by atoms with Crippen molar-refractivity contribution in [2.75, 3.05) is 0 Å². The minimum atomic E-state index is -4.56. The van der Waals surface area contributed by atoms with Crippen LogP contribution in [0.4, 0.5) is 26.3 Å². The van der Waals surface area contributed by atoms with Crippen LogP contribution in [0.1, 0.15) is 26.7 Å². The van der Waals surface area contributed by atoms with Crippen molar-refractivity contribution in [3.8, 4) is 0 Å². The molecule has 0 aromatic rings. The Morgan fingerprint density at radius 1 is 1.07 bits per heavy atom. The summed E-state index contributed by atoms with van der Waals surface area (Å²) in [4.78, 5) is 0. The van der Waals surface area contributed by atoms with Crippen LogP contribution < -0.4 is 0 Å². The minimum absolute atomic E-state index is 0.431. The van der Waals surface area contributed by atoms with Crippen LogP contribution in [0.2, 0.25) is 0 Å². The fourth-order valence-corrected chi connectivity index (χ4v) is 2.13. The first-order valence-corrected chi connectivity index (χ1v) is 4.62. The third kappa shape index (κ3) is 2.08. The fraction of sp³-hybridized carbons (Fsp3) is 1.00. The van der Waals surface area contributed by atoms with Crippen LogP contribution in [0.25, 0.3) is 0 Å². The smallest absolute Gasteiger partial charge is 0.171 e. The van der Waals surface area contributed by atoms with E-state index in [4.69, 9.17) is 0 Å². The molecule has 1 rings (SSSR count). The van der Waals surface area contributed by atoms with Crippen LogP contribution in [0.3, 0.4) is 0 Å². The summed E-state index contributed by atoms with van der Waals surface area (Å²) in [5.74, 6) is -2.80. The van der Waals surface area contributed by atoms with Gasteiger partial charge in [0, 0.05) is 0 Å². The van der Waals surface area contributed by atoms with E-state index >= 15 is 0 Å². The van der Waals surface area contributed by atoms with Crippen molar-refractivity contribution in [1.29, 1.82) is 0 Å². The van der Waals surface area contributed by atoms with Gasteiger partial charge >= 0.3 is 12.4 Å². The minimum Gasteiger partial charge on any atom is -0.171 e. The van der Waals surface area contributed by atoms with Crippen molar-refractivity contribution in [3.63, 3.8) is 0 Å². The Kier molecular flexibility index (Phi) is 2.77. The second-order valence-electron chi connectivity index (χ2n) is 4.49. The molecule has 0 nitrogen and oxygen atoms in total. The molecule has 6 heteroatoms. The Balaban J connectivity index is 2.90. The van der Waals surface area contributed by atoms with Crippen molar-refractivity contribution < 1.29 is 26.3 Å². The summed E-state index contributed by atoms with van der Waals surface area (Å²) in [7, 11) is 0. The van der Waals surface area contributed by atoms with Crippen LogP contribution in [-0.4, -0.2) is 12.4 Å². The highest BCUT2D eigenvalue weighted by Crippen LogP contribution is 2.58. The first kappa shape index (κ1) is 12.6. The van der Waals surface area contributed by atoms with E-state index in [9.17, 15) is 26.3 Å². The molecular weight excluding hydrogens is 222 g/mol. The number of alkyl halides is 6. The lowest BCUT2D eigenvalue weighted by atomic mass is 9.80. The van der Waals surface area contributed by atoms with E-state index in [1.807, 2.05) is 0 Å². The third-order valence-electron chi connectivity index (χ3n) is 3.51. The molecular formula is C9H12F6. The monoisotopic (exact) mass is 234 g/mol. The lowest BCUT2D eigenvalue weighted by molar-refractivity contribution is -0.234. The predicted molar refractivity (Wildman–Crippen MR) is 42.1 cm³/mol. The normalized spacial score (nSPS) is 38.4. The van der Waals surface area contributed by atoms with Gasteiger partial charge in [0.25, 0.3) is 0 Å². The van der Waals surface area contributed by atoms with Crippen LogP contribution >= 0.6 is 0 Å². The summed E-state index contributed by atoms with van der Waals surface area (Å²) in [5, 5.41) is 0. The van der Waals surface area contributed by atoms with Gasteiger partial charge in [-0.3, -0.25) is 0 Å². The van der Waals surface area contributed by atoms with Gasteiger partial charge in [-0.2, -0.15) is 26.3 Å². The number of hydrogen-bond donors (Lipinski definition) is 0. The molecule has 1 aliphatic carbocycles. The second kappa shape index (κ2) is 3.28. The lowest BCUT2D eigenvalue weighted by Crippen LogP contribution is -2.37. The molecule has 3 atom stereocenters. The molecule has 0 heterocycles. The van der Waals surface area contributed by atoms with E-state index < -0.39 is 42.4 Å². The van der Waals surface area contributed by atoms with Gasteiger partial charge in [0.1, 0.15) is 0 Å². The average Bonchev–Trinajstić information content (AvgIpc) is 2.27. The quantitative estimate of drug-likeness (QED) is 0.552. The number of rotatable bonds is 0. The maximum Gasteiger partial charge on any atom is 0.394 e. The molecule has 0 bridgehead atoms. The Morgan fingerprint density at radius 3 is 1.73 bits per heavy atom. The molecule has 0 saturated heterocycles. The highest BCUT2D eigenvalue weighted by molar-refractivity contribution is 4.97. The molecule has 1 saturated carbocycles. The summed E-state index contributed by atoms with van der Waals surface area (Å²) < 4.78 is 74.7. The molecule has 0 aromatic heterocycles. The van der Waals surface area contributed by atoms with Gasteiger partial charge in [-0.05, 0) is 18.8 Å². The topological polar surface area (TPSA) is 0 Å². The van der Waals surface area contributed by atoms with E-state index in [2.05, 4.69) is 0 Å². The molecule has 0 aromatic carbocycles. The van der Waals surface area contributed by atoms with E-state index in [1.54, 1.807) is 0 Å². The Morgan fingerprint density at radius 2 is 1.53 bits per heavy atom. The summed E-state index contributed by atoms with van der Waals surface area (Å²) in [6, 6.07) is 0. The number of hydrogen-bond acceptors (Lipinski definition) is 0. The molecule has 0 N–H and O–H groups in total. The first-order chi connectivity index (χ1) is 6.48. The molecule has 15 heavy (non-hydrogen) atoms. The maximum absolute atomic E-state index is 12.6. The Labute approximate surface area is 83.6 Å². The van der Waals surface area contributed by atoms with Crippen LogP contribution in [0.5, 0.6) is 0 Å². The standard InChI is InChI=1S/C9H12F6/c1-5-3-6(8(10,11)12)4-7(5,2)9(13,14)15/h5-6H,3-4H2,1-2H3. The first-order valence-electron chi connectivity index (χ1n) is 4.62. The zero-order valence-corrected chi connectivity index (χ0v) is 8.34. The largest absolute Gasteiger partial charge is 0.394 e. The van der Waals surface area contributed by atoms with Gasteiger partial charge in [-0.25, -0.2) is 0 Å². The van der Waals surface area contributed by atoms with E-state index in [0.29, 0.717) is 0 Å². The van der Waals surface area contributed by atoms with E-state index in [0.717, 1.165) is 6.92 Å². The molecule has 1 fully saturated rings. The van der Waals surface area contributed by atoms with Crippen molar-refractivity contribution >= 4 is 0 Å². The molecule has 3 unspecified atom stereocenters. The second-order valence-corrected chi connectivity index (χ2v) is 4.49. The van der Waals surface area contributed by atoms with Crippen molar-refractivity contribution in [3.05, 3.63) is 0 Å². The van der Waals surface area contributed by atoms with Gasteiger partial charge in [-0.15, -0.1) is 0 Å². The van der Waals surface area contributed by atoms with E-state index in [-0.39, 0.29) is 0 Å². The highest BCUT2D eigenvalue weighted by atomic mass is 19.4. The van der Waals surface area contributed by atoms with Crippen LogP contribution in [0.15, 0.2) is 0 Å². The molecule has 90 valence electrons. The molecule has 0 spiro atoms. The molecule has 1 aliphatic rings. The summed E-state index contributed by atoms with van der Waals surface area (Å²) in [6.07, 6.45) is -10.4. The average molecular weight is 234 g/mol. The molecule has 0 radical (unpaired) electrons. The SMILES string of the molecule is CC1CC(C(F)(F)F)CC1(C)C(F)(F)F. The van der Waals surface area contributed by atoms with Gasteiger partial charge < -0.3 is 0 Å². The highest BCUT2D eigenvalue weighted by Gasteiger charge is 2.62. The third-order valence-corrected chi connectivity index (χ3v) is 3.51. The zero-order chi connectivity index (χ0) is 12.1. The van der Waals surface area contributed by atoms with E-state index in [1.165, 1.54) is 6.92 Å². The zero-order valence-electron chi connectivity index (χ0n) is 8.34. The lowest BCUT2D eigenvalue weighted by Gasteiger charge is -2.31. The summed E-state index contributed by atoms with van der Waals surface area (Å²) in [6.45, 7) is 2.11. The van der Waals surface area contributed by atoms with Gasteiger partial charge in [0.15, 0.2) is 0 Å². The maximum atomic E-state index is 12.6.